The Morgan fingerprint density at radius 2 is 2.24 bits per heavy atom. The molecule has 0 spiro atoms. The van der Waals surface area contributed by atoms with E-state index in [1.807, 2.05) is 20.8 Å². The molecule has 17 heavy (non-hydrogen) atoms. The predicted molar refractivity (Wildman–Crippen MR) is 65.3 cm³/mol. The van der Waals surface area contributed by atoms with Crippen LogP contribution in [-0.2, 0) is 14.5 Å². The number of nitrogens with zero attached hydrogens (tertiary/aromatic N) is 2. The van der Waals surface area contributed by atoms with Crippen molar-refractivity contribution in [2.24, 2.45) is 10.6 Å². The van der Waals surface area contributed by atoms with Gasteiger partial charge in [-0.05, 0) is 32.8 Å². The molecule has 0 unspecified atom stereocenters. The Morgan fingerprint density at radius 1 is 1.53 bits per heavy atom. The van der Waals surface area contributed by atoms with Gasteiger partial charge in [-0.25, -0.2) is 4.79 Å². The Balaban J connectivity index is 2.51. The predicted octanol–water partition coefficient (Wildman–Crippen LogP) is 1.75. The Labute approximate surface area is 102 Å². The van der Waals surface area contributed by atoms with Gasteiger partial charge >= 0.3 is 5.97 Å². The van der Waals surface area contributed by atoms with Crippen molar-refractivity contribution in [2.45, 2.75) is 27.2 Å². The van der Waals surface area contributed by atoms with Crippen LogP contribution in [0.15, 0.2) is 16.8 Å². The molecule has 0 aromatic rings. The number of oxime groups is 1. The number of hydroxylamine groups is 2. The third kappa shape index (κ3) is 4.56. The molecule has 5 nitrogen and oxygen atoms in total. The fraction of sp³-hybridized carbons (Fsp3) is 0.667. The summed E-state index contributed by atoms with van der Waals surface area (Å²) in [7, 11) is 1.50. The van der Waals surface area contributed by atoms with Gasteiger partial charge < -0.3 is 9.68 Å². The third-order valence-electron chi connectivity index (χ3n) is 2.29. The highest BCUT2D eigenvalue weighted by atomic mass is 16.7. The van der Waals surface area contributed by atoms with Crippen molar-refractivity contribution in [3.05, 3.63) is 11.6 Å². The minimum absolute atomic E-state index is 0.220. The van der Waals surface area contributed by atoms with Crippen LogP contribution in [0.3, 0.4) is 0 Å². The fourth-order valence-electron chi connectivity index (χ4n) is 1.29. The van der Waals surface area contributed by atoms with Crippen molar-refractivity contribution >= 4 is 12.2 Å². The summed E-state index contributed by atoms with van der Waals surface area (Å²) in [6, 6.07) is 0. The van der Waals surface area contributed by atoms with E-state index in [1.165, 1.54) is 7.11 Å². The Morgan fingerprint density at radius 3 is 2.82 bits per heavy atom. The second-order valence-electron chi connectivity index (χ2n) is 4.98. The SMILES string of the molecule is CO/N=C/C1=CCCN(OC(=O)C(C)(C)C)C1. The summed E-state index contributed by atoms with van der Waals surface area (Å²) >= 11 is 0. The molecule has 0 aliphatic carbocycles. The quantitative estimate of drug-likeness (QED) is 0.557. The van der Waals surface area contributed by atoms with Crippen molar-refractivity contribution < 1.29 is 14.5 Å². The lowest BCUT2D eigenvalue weighted by molar-refractivity contribution is -0.198. The van der Waals surface area contributed by atoms with Crippen molar-refractivity contribution in [3.63, 3.8) is 0 Å². The maximum absolute atomic E-state index is 11.7. The van der Waals surface area contributed by atoms with Crippen LogP contribution in [0.4, 0.5) is 0 Å². The molecule has 0 atom stereocenters. The lowest BCUT2D eigenvalue weighted by Crippen LogP contribution is -2.37. The molecule has 0 fully saturated rings. The first-order valence-electron chi connectivity index (χ1n) is 5.66. The average molecular weight is 240 g/mol. The van der Waals surface area contributed by atoms with E-state index in [-0.39, 0.29) is 5.97 Å². The summed E-state index contributed by atoms with van der Waals surface area (Å²) < 4.78 is 0. The first kappa shape index (κ1) is 13.7. The van der Waals surface area contributed by atoms with E-state index in [0.717, 1.165) is 12.0 Å². The molecule has 0 aromatic heterocycles. The van der Waals surface area contributed by atoms with Crippen LogP contribution >= 0.6 is 0 Å². The van der Waals surface area contributed by atoms with Crippen LogP contribution in [0.2, 0.25) is 0 Å². The number of hydrogen-bond acceptors (Lipinski definition) is 5. The van der Waals surface area contributed by atoms with Gasteiger partial charge in [0.2, 0.25) is 0 Å². The van der Waals surface area contributed by atoms with E-state index in [0.29, 0.717) is 13.1 Å². The molecule has 96 valence electrons. The van der Waals surface area contributed by atoms with E-state index in [4.69, 9.17) is 4.84 Å². The van der Waals surface area contributed by atoms with Gasteiger partial charge in [0.15, 0.2) is 0 Å². The summed E-state index contributed by atoms with van der Waals surface area (Å²) in [5.74, 6) is -0.220. The summed E-state index contributed by atoms with van der Waals surface area (Å²) in [5, 5.41) is 5.35. The maximum atomic E-state index is 11.7. The third-order valence-corrected chi connectivity index (χ3v) is 2.29. The maximum Gasteiger partial charge on any atom is 0.330 e. The lowest BCUT2D eigenvalue weighted by atomic mass is 9.98. The Kier molecular flexibility index (Phi) is 4.69. The standard InChI is InChI=1S/C12H20N2O3/c1-12(2,3)11(15)17-14-7-5-6-10(9-14)8-13-16-4/h6,8H,5,7,9H2,1-4H3/b13-8+. The molecule has 0 saturated carbocycles. The van der Waals surface area contributed by atoms with Crippen LogP contribution in [-0.4, -0.2) is 37.4 Å². The highest BCUT2D eigenvalue weighted by molar-refractivity contribution is 5.79. The Hall–Kier alpha value is -1.36. The monoisotopic (exact) mass is 240 g/mol. The van der Waals surface area contributed by atoms with Gasteiger partial charge in [0.1, 0.15) is 7.11 Å². The summed E-state index contributed by atoms with van der Waals surface area (Å²) in [6.45, 7) is 6.77. The van der Waals surface area contributed by atoms with Crippen LogP contribution in [0, 0.1) is 5.41 Å². The molecule has 0 amide bonds. The number of carbonyl (C=O) groups excluding carboxylic acids is 1. The van der Waals surface area contributed by atoms with E-state index in [1.54, 1.807) is 11.3 Å². The van der Waals surface area contributed by atoms with Gasteiger partial charge in [0.25, 0.3) is 0 Å². The van der Waals surface area contributed by atoms with Crippen LogP contribution in [0.25, 0.3) is 0 Å². The van der Waals surface area contributed by atoms with Crippen molar-refractivity contribution in [1.82, 2.24) is 5.06 Å². The summed E-state index contributed by atoms with van der Waals surface area (Å²) in [5.41, 5.74) is 0.502. The zero-order valence-electron chi connectivity index (χ0n) is 10.9. The normalized spacial score (nSPS) is 18.0. The van der Waals surface area contributed by atoms with E-state index >= 15 is 0 Å². The molecule has 1 aliphatic rings. The molecule has 0 aromatic carbocycles. The first-order valence-corrected chi connectivity index (χ1v) is 5.66. The van der Waals surface area contributed by atoms with E-state index in [9.17, 15) is 4.79 Å². The minimum Gasteiger partial charge on any atom is -0.399 e. The molecule has 0 N–H and O–H groups in total. The van der Waals surface area contributed by atoms with Crippen molar-refractivity contribution in [3.8, 4) is 0 Å². The second kappa shape index (κ2) is 5.82. The smallest absolute Gasteiger partial charge is 0.330 e. The average Bonchev–Trinajstić information content (AvgIpc) is 2.25. The Bertz CT molecular complexity index is 329. The zero-order chi connectivity index (χ0) is 12.9. The lowest BCUT2D eigenvalue weighted by Gasteiger charge is -2.27. The number of rotatable bonds is 3. The fourth-order valence-corrected chi connectivity index (χ4v) is 1.29. The largest absolute Gasteiger partial charge is 0.399 e. The van der Waals surface area contributed by atoms with Crippen molar-refractivity contribution in [1.29, 1.82) is 0 Å². The number of carbonyl (C=O) groups is 1. The topological polar surface area (TPSA) is 51.1 Å². The van der Waals surface area contributed by atoms with Gasteiger partial charge in [-0.2, -0.15) is 0 Å². The second-order valence-corrected chi connectivity index (χ2v) is 4.98. The molecule has 0 radical (unpaired) electrons. The molecule has 1 heterocycles. The van der Waals surface area contributed by atoms with Crippen LogP contribution in [0.5, 0.6) is 0 Å². The van der Waals surface area contributed by atoms with E-state index in [2.05, 4.69) is 16.1 Å². The summed E-state index contributed by atoms with van der Waals surface area (Å²) in [4.78, 5) is 21.6. The molecule has 0 saturated heterocycles. The van der Waals surface area contributed by atoms with Crippen LogP contribution < -0.4 is 0 Å². The molecule has 5 heteroatoms. The van der Waals surface area contributed by atoms with E-state index < -0.39 is 5.41 Å². The molecular formula is C12H20N2O3. The first-order chi connectivity index (χ1) is 7.93. The van der Waals surface area contributed by atoms with Gasteiger partial charge in [-0.15, -0.1) is 5.06 Å². The highest BCUT2D eigenvalue weighted by Crippen LogP contribution is 2.18. The van der Waals surface area contributed by atoms with Gasteiger partial charge in [0, 0.05) is 6.54 Å². The zero-order valence-corrected chi connectivity index (χ0v) is 10.9. The van der Waals surface area contributed by atoms with Crippen molar-refractivity contribution in [2.75, 3.05) is 20.2 Å². The van der Waals surface area contributed by atoms with Gasteiger partial charge in [0.05, 0.1) is 18.2 Å². The van der Waals surface area contributed by atoms with Crippen LogP contribution in [0.1, 0.15) is 27.2 Å². The summed E-state index contributed by atoms with van der Waals surface area (Å²) in [6.07, 6.45) is 4.53. The highest BCUT2D eigenvalue weighted by Gasteiger charge is 2.26. The molecular weight excluding hydrogens is 220 g/mol. The molecule has 1 rings (SSSR count). The molecule has 0 bridgehead atoms. The van der Waals surface area contributed by atoms with Gasteiger partial charge in [-0.3, -0.25) is 0 Å². The van der Waals surface area contributed by atoms with Gasteiger partial charge in [-0.1, -0.05) is 11.2 Å². The number of hydrogen-bond donors (Lipinski definition) is 0. The minimum atomic E-state index is -0.484. The molecule has 1 aliphatic heterocycles.